The fraction of sp³-hybridized carbons (Fsp3) is 0.533. The number of carbonyl (C=O) groups excluding carboxylic acids is 1. The van der Waals surface area contributed by atoms with Gasteiger partial charge in [0, 0.05) is 12.0 Å². The van der Waals surface area contributed by atoms with Crippen LogP contribution in [-0.2, 0) is 6.18 Å². The first-order chi connectivity index (χ1) is 8.88. The molecule has 2 rings (SSSR count). The van der Waals surface area contributed by atoms with Crippen LogP contribution in [0.3, 0.4) is 0 Å². The average molecular weight is 270 g/mol. The van der Waals surface area contributed by atoms with Gasteiger partial charge in [0.1, 0.15) is 0 Å². The van der Waals surface area contributed by atoms with Crippen molar-refractivity contribution in [2.75, 3.05) is 0 Å². The molecule has 4 heteroatoms. The third-order valence-corrected chi connectivity index (χ3v) is 3.80. The van der Waals surface area contributed by atoms with Crippen molar-refractivity contribution >= 4 is 5.78 Å². The molecule has 1 saturated carbocycles. The second-order valence-electron chi connectivity index (χ2n) is 5.31. The van der Waals surface area contributed by atoms with E-state index in [-0.39, 0.29) is 5.78 Å². The summed E-state index contributed by atoms with van der Waals surface area (Å²) in [5.41, 5.74) is 0.153. The largest absolute Gasteiger partial charge is 0.416 e. The van der Waals surface area contributed by atoms with Crippen molar-refractivity contribution in [2.24, 2.45) is 5.92 Å². The lowest BCUT2D eigenvalue weighted by Gasteiger charge is -2.12. The van der Waals surface area contributed by atoms with Crippen LogP contribution in [0, 0.1) is 12.8 Å². The van der Waals surface area contributed by atoms with Gasteiger partial charge in [-0.1, -0.05) is 31.7 Å². The van der Waals surface area contributed by atoms with Crippen LogP contribution in [0.4, 0.5) is 13.2 Å². The summed E-state index contributed by atoms with van der Waals surface area (Å²) in [4.78, 5) is 12.1. The number of halogens is 3. The fourth-order valence-electron chi connectivity index (χ4n) is 2.74. The van der Waals surface area contributed by atoms with Crippen molar-refractivity contribution in [1.82, 2.24) is 0 Å². The van der Waals surface area contributed by atoms with E-state index < -0.39 is 11.7 Å². The van der Waals surface area contributed by atoms with Gasteiger partial charge in [-0.2, -0.15) is 13.2 Å². The van der Waals surface area contributed by atoms with Gasteiger partial charge in [-0.3, -0.25) is 4.79 Å². The maximum atomic E-state index is 12.5. The molecule has 0 N–H and O–H groups in total. The number of carbonyl (C=O) groups is 1. The highest BCUT2D eigenvalue weighted by Gasteiger charge is 2.31. The highest BCUT2D eigenvalue weighted by molar-refractivity contribution is 5.97. The number of hydrogen-bond donors (Lipinski definition) is 0. The molecule has 104 valence electrons. The molecule has 1 aliphatic carbocycles. The normalized spacial score (nSPS) is 16.8. The van der Waals surface area contributed by atoms with Crippen LogP contribution in [0.25, 0.3) is 0 Å². The zero-order valence-electron chi connectivity index (χ0n) is 10.9. The second-order valence-corrected chi connectivity index (χ2v) is 5.31. The quantitative estimate of drug-likeness (QED) is 0.722. The summed E-state index contributed by atoms with van der Waals surface area (Å²) in [6.45, 7) is 1.57. The summed E-state index contributed by atoms with van der Waals surface area (Å²) in [5.74, 6) is 0.382. The van der Waals surface area contributed by atoms with Gasteiger partial charge in [0.15, 0.2) is 5.78 Å². The number of rotatable bonds is 3. The third-order valence-electron chi connectivity index (χ3n) is 3.80. The summed E-state index contributed by atoms with van der Waals surface area (Å²) in [6, 6.07) is 3.37. The predicted octanol–water partition coefficient (Wildman–Crippen LogP) is 4.78. The van der Waals surface area contributed by atoms with Crippen LogP contribution in [0.15, 0.2) is 18.2 Å². The minimum absolute atomic E-state index is 0.0295. The summed E-state index contributed by atoms with van der Waals surface area (Å²) in [6.07, 6.45) is 0.550. The minimum atomic E-state index is -4.35. The van der Waals surface area contributed by atoms with Crippen molar-refractivity contribution < 1.29 is 18.0 Å². The lowest BCUT2D eigenvalue weighted by Crippen LogP contribution is -2.10. The number of ketones is 1. The smallest absolute Gasteiger partial charge is 0.294 e. The summed E-state index contributed by atoms with van der Waals surface area (Å²) in [5, 5.41) is 0. The van der Waals surface area contributed by atoms with E-state index in [1.54, 1.807) is 6.92 Å². The molecule has 1 aromatic rings. The lowest BCUT2D eigenvalue weighted by atomic mass is 9.94. The molecule has 0 saturated heterocycles. The Balaban J connectivity index is 2.14. The number of alkyl halides is 3. The van der Waals surface area contributed by atoms with E-state index in [9.17, 15) is 18.0 Å². The summed E-state index contributed by atoms with van der Waals surface area (Å²) in [7, 11) is 0. The molecule has 0 radical (unpaired) electrons. The average Bonchev–Trinajstić information content (AvgIpc) is 2.80. The van der Waals surface area contributed by atoms with Crippen molar-refractivity contribution in [3.05, 3.63) is 34.9 Å². The molecule has 0 heterocycles. The van der Waals surface area contributed by atoms with E-state index in [0.717, 1.165) is 37.8 Å². The number of Topliss-reactive ketones (excluding diaryl/α,β-unsaturated/α-hetero) is 1. The van der Waals surface area contributed by atoms with Crippen molar-refractivity contribution in [1.29, 1.82) is 0 Å². The Bertz CT molecular complexity index is 471. The van der Waals surface area contributed by atoms with E-state index in [4.69, 9.17) is 0 Å². The number of hydrogen-bond acceptors (Lipinski definition) is 1. The van der Waals surface area contributed by atoms with Gasteiger partial charge in [-0.05, 0) is 30.5 Å². The van der Waals surface area contributed by atoms with Crippen LogP contribution < -0.4 is 0 Å². The Morgan fingerprint density at radius 2 is 1.89 bits per heavy atom. The second kappa shape index (κ2) is 5.35. The van der Waals surface area contributed by atoms with Crippen LogP contribution in [0.1, 0.15) is 53.6 Å². The molecule has 1 fully saturated rings. The van der Waals surface area contributed by atoms with E-state index in [0.29, 0.717) is 23.5 Å². The first kappa shape index (κ1) is 14.1. The van der Waals surface area contributed by atoms with Gasteiger partial charge in [0.05, 0.1) is 5.56 Å². The molecule has 0 unspecified atom stereocenters. The van der Waals surface area contributed by atoms with Crippen molar-refractivity contribution in [2.45, 2.75) is 45.2 Å². The molecule has 0 spiro atoms. The molecule has 1 aliphatic rings. The first-order valence-electron chi connectivity index (χ1n) is 6.59. The topological polar surface area (TPSA) is 17.1 Å². The van der Waals surface area contributed by atoms with E-state index in [2.05, 4.69) is 0 Å². The van der Waals surface area contributed by atoms with Crippen molar-refractivity contribution in [3.63, 3.8) is 0 Å². The maximum Gasteiger partial charge on any atom is 0.416 e. The highest BCUT2D eigenvalue weighted by Crippen LogP contribution is 2.32. The molecule has 0 bridgehead atoms. The van der Waals surface area contributed by atoms with Gasteiger partial charge < -0.3 is 0 Å². The van der Waals surface area contributed by atoms with Crippen LogP contribution >= 0.6 is 0 Å². The Morgan fingerprint density at radius 1 is 1.26 bits per heavy atom. The molecule has 1 aromatic carbocycles. The Hall–Kier alpha value is -1.32. The number of aryl methyl sites for hydroxylation is 1. The van der Waals surface area contributed by atoms with Gasteiger partial charge in [-0.15, -0.1) is 0 Å². The molecule has 0 aromatic heterocycles. The Labute approximate surface area is 110 Å². The molecular weight excluding hydrogens is 253 g/mol. The molecule has 0 aliphatic heterocycles. The molecular formula is C15H17F3O. The molecule has 0 atom stereocenters. The zero-order valence-corrected chi connectivity index (χ0v) is 10.9. The molecule has 19 heavy (non-hydrogen) atoms. The highest BCUT2D eigenvalue weighted by atomic mass is 19.4. The van der Waals surface area contributed by atoms with E-state index >= 15 is 0 Å². The van der Waals surface area contributed by atoms with Gasteiger partial charge in [0.25, 0.3) is 0 Å². The predicted molar refractivity (Wildman–Crippen MR) is 67.1 cm³/mol. The Kier molecular flexibility index (Phi) is 3.97. The third kappa shape index (κ3) is 3.37. The number of benzene rings is 1. The van der Waals surface area contributed by atoms with Crippen molar-refractivity contribution in [3.8, 4) is 0 Å². The summed E-state index contributed by atoms with van der Waals surface area (Å²) < 4.78 is 37.6. The first-order valence-corrected chi connectivity index (χ1v) is 6.59. The molecule has 0 amide bonds. The van der Waals surface area contributed by atoms with E-state index in [1.807, 2.05) is 0 Å². The Morgan fingerprint density at radius 3 is 2.42 bits per heavy atom. The van der Waals surface area contributed by atoms with Gasteiger partial charge in [0.2, 0.25) is 0 Å². The minimum Gasteiger partial charge on any atom is -0.294 e. The lowest BCUT2D eigenvalue weighted by molar-refractivity contribution is -0.137. The van der Waals surface area contributed by atoms with Crippen LogP contribution in [-0.4, -0.2) is 5.78 Å². The van der Waals surface area contributed by atoms with Crippen LogP contribution in [0.2, 0.25) is 0 Å². The zero-order chi connectivity index (χ0) is 14.0. The standard InChI is InChI=1S/C15H17F3O/c1-10-8-12(15(16,17)18)6-7-13(10)14(19)9-11-4-2-3-5-11/h6-8,11H,2-5,9H2,1H3. The van der Waals surface area contributed by atoms with Crippen LogP contribution in [0.5, 0.6) is 0 Å². The summed E-state index contributed by atoms with van der Waals surface area (Å²) >= 11 is 0. The van der Waals surface area contributed by atoms with Gasteiger partial charge in [-0.25, -0.2) is 0 Å². The monoisotopic (exact) mass is 270 g/mol. The molecule has 1 nitrogen and oxygen atoms in total. The SMILES string of the molecule is Cc1cc(C(F)(F)F)ccc1C(=O)CC1CCCC1. The maximum absolute atomic E-state index is 12.5. The van der Waals surface area contributed by atoms with E-state index in [1.165, 1.54) is 6.07 Å². The fourth-order valence-corrected chi connectivity index (χ4v) is 2.74. The van der Waals surface area contributed by atoms with Gasteiger partial charge >= 0.3 is 6.18 Å².